The highest BCUT2D eigenvalue weighted by Gasteiger charge is 2.11. The lowest BCUT2D eigenvalue weighted by molar-refractivity contribution is 0.467. The molecule has 1 aromatic rings. The summed E-state index contributed by atoms with van der Waals surface area (Å²) in [6.45, 7) is 5.30. The smallest absolute Gasteiger partial charge is 0.141 e. The summed E-state index contributed by atoms with van der Waals surface area (Å²) in [5.74, 6) is 0.961. The first kappa shape index (κ1) is 11.2. The van der Waals surface area contributed by atoms with Crippen LogP contribution in [0.4, 0.5) is 0 Å². The van der Waals surface area contributed by atoms with Gasteiger partial charge in [0.2, 0.25) is 0 Å². The summed E-state index contributed by atoms with van der Waals surface area (Å²) in [5, 5.41) is 10.2. The van der Waals surface area contributed by atoms with E-state index in [9.17, 15) is 0 Å². The number of aromatic amines is 1. The molecule has 80 valence electrons. The molecule has 1 rings (SSSR count). The number of hydrogen-bond donors (Lipinski definition) is 2. The van der Waals surface area contributed by atoms with Gasteiger partial charge in [0.25, 0.3) is 0 Å². The van der Waals surface area contributed by atoms with Gasteiger partial charge in [-0.05, 0) is 13.0 Å². The highest BCUT2D eigenvalue weighted by atomic mass is 15.2. The number of aromatic nitrogens is 3. The van der Waals surface area contributed by atoms with Crippen LogP contribution in [0, 0.1) is 0 Å². The first-order valence-corrected chi connectivity index (χ1v) is 5.47. The molecule has 0 saturated carbocycles. The van der Waals surface area contributed by atoms with Crippen LogP contribution in [0.2, 0.25) is 0 Å². The van der Waals surface area contributed by atoms with Crippen molar-refractivity contribution < 1.29 is 0 Å². The Bertz CT molecular complexity index is 220. The predicted molar refractivity (Wildman–Crippen MR) is 56.9 cm³/mol. The lowest BCUT2D eigenvalue weighted by Crippen LogP contribution is -2.22. The number of nitrogens with zero attached hydrogens (tertiary/aromatic N) is 2. The Balaban J connectivity index is 2.39. The van der Waals surface area contributed by atoms with Crippen LogP contribution in [0.5, 0.6) is 0 Å². The fourth-order valence-electron chi connectivity index (χ4n) is 1.56. The minimum atomic E-state index is 0.342. The molecule has 0 fully saturated rings. The Hall–Kier alpha value is -0.900. The number of unbranched alkanes of at least 4 members (excludes halogenated alkanes) is 2. The Labute approximate surface area is 85.5 Å². The van der Waals surface area contributed by atoms with Gasteiger partial charge in [0.15, 0.2) is 0 Å². The Morgan fingerprint density at radius 1 is 1.43 bits per heavy atom. The maximum absolute atomic E-state index is 4.18. The van der Waals surface area contributed by atoms with E-state index in [1.54, 1.807) is 6.33 Å². The summed E-state index contributed by atoms with van der Waals surface area (Å²) in [6, 6.07) is 0.342. The van der Waals surface area contributed by atoms with Crippen molar-refractivity contribution in [1.82, 2.24) is 20.5 Å². The standard InChI is InChI=1S/C10H20N4/c1-3-5-6-7-9(11-4-2)10-12-8-13-14-10/h8-9,11H,3-7H2,1-2H3,(H,12,13,14). The molecule has 0 saturated heterocycles. The van der Waals surface area contributed by atoms with Crippen LogP contribution in [0.15, 0.2) is 6.33 Å². The third-order valence-electron chi connectivity index (χ3n) is 2.31. The summed E-state index contributed by atoms with van der Waals surface area (Å²) in [6.07, 6.45) is 6.50. The molecule has 0 bridgehead atoms. The van der Waals surface area contributed by atoms with Crippen molar-refractivity contribution in [2.24, 2.45) is 0 Å². The molecule has 4 nitrogen and oxygen atoms in total. The van der Waals surface area contributed by atoms with Gasteiger partial charge in [0, 0.05) is 0 Å². The second kappa shape index (κ2) is 6.54. The lowest BCUT2D eigenvalue weighted by atomic mass is 10.1. The molecule has 0 aliphatic carbocycles. The van der Waals surface area contributed by atoms with Crippen molar-refractivity contribution in [2.75, 3.05) is 6.54 Å². The zero-order valence-corrected chi connectivity index (χ0v) is 9.08. The van der Waals surface area contributed by atoms with Crippen LogP contribution in [-0.2, 0) is 0 Å². The number of rotatable bonds is 7. The highest BCUT2D eigenvalue weighted by Crippen LogP contribution is 2.15. The summed E-state index contributed by atoms with van der Waals surface area (Å²) in [7, 11) is 0. The SMILES string of the molecule is CCCCCC(NCC)c1ncn[nH]1. The van der Waals surface area contributed by atoms with Crippen molar-refractivity contribution in [3.8, 4) is 0 Å². The number of H-pyrrole nitrogens is 1. The number of nitrogens with one attached hydrogen (secondary N) is 2. The molecule has 1 unspecified atom stereocenters. The second-order valence-electron chi connectivity index (χ2n) is 3.48. The van der Waals surface area contributed by atoms with E-state index in [-0.39, 0.29) is 0 Å². The molecule has 1 aromatic heterocycles. The van der Waals surface area contributed by atoms with Crippen LogP contribution < -0.4 is 5.32 Å². The van der Waals surface area contributed by atoms with E-state index in [1.807, 2.05) is 0 Å². The average molecular weight is 196 g/mol. The maximum Gasteiger partial charge on any atom is 0.141 e. The van der Waals surface area contributed by atoms with E-state index in [0.717, 1.165) is 18.8 Å². The molecule has 2 N–H and O–H groups in total. The van der Waals surface area contributed by atoms with Gasteiger partial charge in [-0.2, -0.15) is 5.10 Å². The zero-order valence-electron chi connectivity index (χ0n) is 9.08. The second-order valence-corrected chi connectivity index (χ2v) is 3.48. The molecular formula is C10H20N4. The van der Waals surface area contributed by atoms with Gasteiger partial charge in [-0.15, -0.1) is 0 Å². The first-order valence-electron chi connectivity index (χ1n) is 5.47. The van der Waals surface area contributed by atoms with E-state index in [4.69, 9.17) is 0 Å². The molecular weight excluding hydrogens is 176 g/mol. The Morgan fingerprint density at radius 3 is 2.86 bits per heavy atom. The van der Waals surface area contributed by atoms with E-state index >= 15 is 0 Å². The van der Waals surface area contributed by atoms with Crippen molar-refractivity contribution >= 4 is 0 Å². The van der Waals surface area contributed by atoms with Crippen LogP contribution >= 0.6 is 0 Å². The Morgan fingerprint density at radius 2 is 2.29 bits per heavy atom. The highest BCUT2D eigenvalue weighted by molar-refractivity contribution is 4.90. The van der Waals surface area contributed by atoms with E-state index in [0.29, 0.717) is 6.04 Å². The average Bonchev–Trinajstić information content (AvgIpc) is 2.70. The molecule has 1 heterocycles. The first-order chi connectivity index (χ1) is 6.88. The number of hydrogen-bond acceptors (Lipinski definition) is 3. The van der Waals surface area contributed by atoms with Crippen molar-refractivity contribution in [3.63, 3.8) is 0 Å². The summed E-state index contributed by atoms with van der Waals surface area (Å²) in [4.78, 5) is 4.18. The minimum absolute atomic E-state index is 0.342. The quantitative estimate of drug-likeness (QED) is 0.656. The zero-order chi connectivity index (χ0) is 10.2. The van der Waals surface area contributed by atoms with Crippen LogP contribution in [0.1, 0.15) is 51.4 Å². The van der Waals surface area contributed by atoms with E-state index < -0.39 is 0 Å². The van der Waals surface area contributed by atoms with Gasteiger partial charge in [-0.1, -0.05) is 33.1 Å². The van der Waals surface area contributed by atoms with Crippen molar-refractivity contribution in [1.29, 1.82) is 0 Å². The van der Waals surface area contributed by atoms with Gasteiger partial charge >= 0.3 is 0 Å². The molecule has 0 aliphatic rings. The third kappa shape index (κ3) is 3.46. The molecule has 4 heteroatoms. The van der Waals surface area contributed by atoms with Crippen LogP contribution in [0.25, 0.3) is 0 Å². The minimum Gasteiger partial charge on any atom is -0.308 e. The van der Waals surface area contributed by atoms with Gasteiger partial charge < -0.3 is 5.32 Å². The fourth-order valence-corrected chi connectivity index (χ4v) is 1.56. The molecule has 0 aliphatic heterocycles. The largest absolute Gasteiger partial charge is 0.308 e. The van der Waals surface area contributed by atoms with Gasteiger partial charge in [-0.3, -0.25) is 5.10 Å². The topological polar surface area (TPSA) is 53.6 Å². The van der Waals surface area contributed by atoms with Crippen LogP contribution in [-0.4, -0.2) is 21.7 Å². The van der Waals surface area contributed by atoms with Gasteiger partial charge in [0.05, 0.1) is 6.04 Å². The molecule has 14 heavy (non-hydrogen) atoms. The maximum atomic E-state index is 4.18. The normalized spacial score (nSPS) is 13.0. The molecule has 1 atom stereocenters. The van der Waals surface area contributed by atoms with E-state index in [2.05, 4.69) is 34.3 Å². The predicted octanol–water partition coefficient (Wildman–Crippen LogP) is 2.04. The third-order valence-corrected chi connectivity index (χ3v) is 2.31. The van der Waals surface area contributed by atoms with Crippen molar-refractivity contribution in [3.05, 3.63) is 12.2 Å². The van der Waals surface area contributed by atoms with Crippen molar-refractivity contribution in [2.45, 2.75) is 45.6 Å². The summed E-state index contributed by atoms with van der Waals surface area (Å²) >= 11 is 0. The molecule has 0 spiro atoms. The summed E-state index contributed by atoms with van der Waals surface area (Å²) in [5.41, 5.74) is 0. The van der Waals surface area contributed by atoms with Gasteiger partial charge in [-0.25, -0.2) is 4.98 Å². The molecule has 0 radical (unpaired) electrons. The van der Waals surface area contributed by atoms with Crippen LogP contribution in [0.3, 0.4) is 0 Å². The fraction of sp³-hybridized carbons (Fsp3) is 0.800. The lowest BCUT2D eigenvalue weighted by Gasteiger charge is -2.14. The van der Waals surface area contributed by atoms with Gasteiger partial charge in [0.1, 0.15) is 12.2 Å². The molecule has 0 amide bonds. The van der Waals surface area contributed by atoms with E-state index in [1.165, 1.54) is 19.3 Å². The monoisotopic (exact) mass is 196 g/mol. The summed E-state index contributed by atoms with van der Waals surface area (Å²) < 4.78 is 0. The Kier molecular flexibility index (Phi) is 5.22. The molecule has 0 aromatic carbocycles.